The fraction of sp³-hybridized carbons (Fsp3) is 0.923. The average Bonchev–Trinajstić information content (AvgIpc) is 2.67. The highest BCUT2D eigenvalue weighted by atomic mass is 16.1. The van der Waals surface area contributed by atoms with E-state index in [0.717, 1.165) is 50.6 Å². The van der Waals surface area contributed by atoms with E-state index in [-0.39, 0.29) is 0 Å². The number of rotatable bonds is 4. The third-order valence-corrected chi connectivity index (χ3v) is 4.02. The lowest BCUT2D eigenvalue weighted by Gasteiger charge is -2.22. The Morgan fingerprint density at radius 2 is 1.88 bits per heavy atom. The van der Waals surface area contributed by atoms with Gasteiger partial charge < -0.3 is 10.2 Å². The van der Waals surface area contributed by atoms with E-state index in [2.05, 4.69) is 17.3 Å². The molecular weight excluding hydrogens is 200 g/mol. The first-order chi connectivity index (χ1) is 7.74. The lowest BCUT2D eigenvalue weighted by Crippen LogP contribution is -2.31. The molecule has 0 spiro atoms. The van der Waals surface area contributed by atoms with Crippen molar-refractivity contribution >= 4 is 5.78 Å². The van der Waals surface area contributed by atoms with Gasteiger partial charge in [-0.2, -0.15) is 0 Å². The van der Waals surface area contributed by atoms with Crippen LogP contribution in [0.5, 0.6) is 0 Å². The Kier molecular flexibility index (Phi) is 4.36. The molecule has 0 aromatic carbocycles. The molecule has 3 nitrogen and oxygen atoms in total. The lowest BCUT2D eigenvalue weighted by molar-refractivity contribution is -0.120. The van der Waals surface area contributed by atoms with Crippen molar-refractivity contribution in [3.8, 4) is 0 Å². The molecule has 0 aromatic heterocycles. The molecule has 0 radical (unpaired) electrons. The van der Waals surface area contributed by atoms with Crippen LogP contribution >= 0.6 is 0 Å². The van der Waals surface area contributed by atoms with Crippen molar-refractivity contribution in [2.75, 3.05) is 33.2 Å². The zero-order valence-electron chi connectivity index (χ0n) is 10.4. The minimum Gasteiger partial charge on any atom is -0.316 e. The lowest BCUT2D eigenvalue weighted by atomic mass is 9.88. The fourth-order valence-electron chi connectivity index (χ4n) is 2.89. The predicted octanol–water partition coefficient (Wildman–Crippen LogP) is 1.29. The Bertz CT molecular complexity index is 232. The standard InChI is InChI=1S/C13H24N2O/c1-15-7-6-12(10-15)9-14-8-11-2-4-13(16)5-3-11/h11-12,14H,2-10H2,1H3. The minimum atomic E-state index is 0.466. The summed E-state index contributed by atoms with van der Waals surface area (Å²) in [6, 6.07) is 0. The van der Waals surface area contributed by atoms with Crippen LogP contribution in [-0.4, -0.2) is 43.9 Å². The Balaban J connectivity index is 1.56. The number of Topliss-reactive ketones (excluding diaryl/α,β-unsaturated/α-hetero) is 1. The van der Waals surface area contributed by atoms with Crippen molar-refractivity contribution in [3.05, 3.63) is 0 Å². The van der Waals surface area contributed by atoms with Gasteiger partial charge in [-0.15, -0.1) is 0 Å². The topological polar surface area (TPSA) is 32.3 Å². The first kappa shape index (κ1) is 12.1. The molecule has 0 aromatic rings. The highest BCUT2D eigenvalue weighted by Crippen LogP contribution is 2.20. The van der Waals surface area contributed by atoms with E-state index in [4.69, 9.17) is 0 Å². The van der Waals surface area contributed by atoms with Gasteiger partial charge in [0.15, 0.2) is 0 Å². The van der Waals surface area contributed by atoms with Gasteiger partial charge in [-0.05, 0) is 57.8 Å². The molecule has 0 amide bonds. The number of hydrogen-bond donors (Lipinski definition) is 1. The van der Waals surface area contributed by atoms with Gasteiger partial charge in [0.25, 0.3) is 0 Å². The van der Waals surface area contributed by atoms with E-state index in [1.165, 1.54) is 19.5 Å². The van der Waals surface area contributed by atoms with Crippen molar-refractivity contribution in [1.29, 1.82) is 0 Å². The van der Waals surface area contributed by atoms with Crippen molar-refractivity contribution in [2.24, 2.45) is 11.8 Å². The van der Waals surface area contributed by atoms with Crippen LogP contribution in [-0.2, 0) is 4.79 Å². The smallest absolute Gasteiger partial charge is 0.132 e. The second-order valence-electron chi connectivity index (χ2n) is 5.56. The molecule has 1 N–H and O–H groups in total. The van der Waals surface area contributed by atoms with E-state index in [1.807, 2.05) is 0 Å². The van der Waals surface area contributed by atoms with Gasteiger partial charge in [0.05, 0.1) is 0 Å². The van der Waals surface area contributed by atoms with Gasteiger partial charge in [0, 0.05) is 19.4 Å². The monoisotopic (exact) mass is 224 g/mol. The highest BCUT2D eigenvalue weighted by molar-refractivity contribution is 5.79. The Hall–Kier alpha value is -0.410. The SMILES string of the molecule is CN1CCC(CNCC2CCC(=O)CC2)C1. The van der Waals surface area contributed by atoms with Crippen LogP contribution in [0.15, 0.2) is 0 Å². The molecule has 1 aliphatic heterocycles. The summed E-state index contributed by atoms with van der Waals surface area (Å²) in [6.45, 7) is 4.78. The maximum Gasteiger partial charge on any atom is 0.132 e. The number of carbonyl (C=O) groups excluding carboxylic acids is 1. The van der Waals surface area contributed by atoms with Crippen LogP contribution in [0, 0.1) is 11.8 Å². The first-order valence-corrected chi connectivity index (χ1v) is 6.65. The molecule has 2 rings (SSSR count). The van der Waals surface area contributed by atoms with Crippen LogP contribution in [0.3, 0.4) is 0 Å². The molecule has 1 atom stereocenters. The van der Waals surface area contributed by atoms with Gasteiger partial charge in [-0.25, -0.2) is 0 Å². The molecular formula is C13H24N2O. The van der Waals surface area contributed by atoms with Crippen LogP contribution in [0.4, 0.5) is 0 Å². The number of likely N-dealkylation sites (tertiary alicyclic amines) is 1. The second kappa shape index (κ2) is 5.78. The van der Waals surface area contributed by atoms with Crippen molar-refractivity contribution in [1.82, 2.24) is 10.2 Å². The summed E-state index contributed by atoms with van der Waals surface area (Å²) in [4.78, 5) is 13.5. The van der Waals surface area contributed by atoms with Crippen LogP contribution in [0.1, 0.15) is 32.1 Å². The third kappa shape index (κ3) is 3.56. The number of nitrogens with one attached hydrogen (secondary N) is 1. The van der Waals surface area contributed by atoms with Crippen molar-refractivity contribution in [3.63, 3.8) is 0 Å². The van der Waals surface area contributed by atoms with Crippen LogP contribution < -0.4 is 5.32 Å². The zero-order chi connectivity index (χ0) is 11.4. The fourth-order valence-corrected chi connectivity index (χ4v) is 2.89. The maximum atomic E-state index is 11.1. The third-order valence-electron chi connectivity index (χ3n) is 4.02. The van der Waals surface area contributed by atoms with E-state index >= 15 is 0 Å². The van der Waals surface area contributed by atoms with Gasteiger partial charge in [0.1, 0.15) is 5.78 Å². The van der Waals surface area contributed by atoms with Crippen molar-refractivity contribution in [2.45, 2.75) is 32.1 Å². The molecule has 3 heteroatoms. The van der Waals surface area contributed by atoms with Gasteiger partial charge in [0.2, 0.25) is 0 Å². The average molecular weight is 224 g/mol. The van der Waals surface area contributed by atoms with E-state index in [9.17, 15) is 4.79 Å². The predicted molar refractivity (Wildman–Crippen MR) is 65.4 cm³/mol. The highest BCUT2D eigenvalue weighted by Gasteiger charge is 2.21. The number of ketones is 1. The number of carbonyl (C=O) groups is 1. The quantitative estimate of drug-likeness (QED) is 0.781. The normalized spacial score (nSPS) is 28.8. The summed E-state index contributed by atoms with van der Waals surface area (Å²) < 4.78 is 0. The summed E-state index contributed by atoms with van der Waals surface area (Å²) in [7, 11) is 2.20. The summed E-state index contributed by atoms with van der Waals surface area (Å²) >= 11 is 0. The van der Waals surface area contributed by atoms with E-state index in [0.29, 0.717) is 5.78 Å². The molecule has 0 bridgehead atoms. The number of hydrogen-bond acceptors (Lipinski definition) is 3. The second-order valence-corrected chi connectivity index (χ2v) is 5.56. The van der Waals surface area contributed by atoms with Crippen molar-refractivity contribution < 1.29 is 4.79 Å². The molecule has 1 heterocycles. The zero-order valence-corrected chi connectivity index (χ0v) is 10.4. The molecule has 2 aliphatic rings. The van der Waals surface area contributed by atoms with Gasteiger partial charge >= 0.3 is 0 Å². The first-order valence-electron chi connectivity index (χ1n) is 6.65. The summed E-state index contributed by atoms with van der Waals surface area (Å²) in [5.41, 5.74) is 0. The number of nitrogens with zero attached hydrogens (tertiary/aromatic N) is 1. The summed E-state index contributed by atoms with van der Waals surface area (Å²) in [6.07, 6.45) is 5.19. The van der Waals surface area contributed by atoms with Crippen LogP contribution in [0.2, 0.25) is 0 Å². The molecule has 1 aliphatic carbocycles. The molecule has 2 fully saturated rings. The van der Waals surface area contributed by atoms with E-state index in [1.54, 1.807) is 0 Å². The van der Waals surface area contributed by atoms with E-state index < -0.39 is 0 Å². The van der Waals surface area contributed by atoms with Gasteiger partial charge in [-0.1, -0.05) is 0 Å². The Morgan fingerprint density at radius 1 is 1.19 bits per heavy atom. The summed E-state index contributed by atoms with van der Waals surface area (Å²) in [5.74, 6) is 2.06. The van der Waals surface area contributed by atoms with Gasteiger partial charge in [-0.3, -0.25) is 4.79 Å². The largest absolute Gasteiger partial charge is 0.316 e. The maximum absolute atomic E-state index is 11.1. The Morgan fingerprint density at radius 3 is 2.50 bits per heavy atom. The molecule has 16 heavy (non-hydrogen) atoms. The molecule has 92 valence electrons. The van der Waals surface area contributed by atoms with Crippen LogP contribution in [0.25, 0.3) is 0 Å². The summed E-state index contributed by atoms with van der Waals surface area (Å²) in [5, 5.41) is 3.59. The molecule has 1 unspecified atom stereocenters. The molecule has 1 saturated carbocycles. The Labute approximate surface area is 98.6 Å². The molecule has 1 saturated heterocycles. The minimum absolute atomic E-state index is 0.466.